The Balaban J connectivity index is 1.76. The molecule has 0 unspecified atom stereocenters. The van der Waals surface area contributed by atoms with Gasteiger partial charge in [0.15, 0.2) is 0 Å². The van der Waals surface area contributed by atoms with Crippen LogP contribution in [0.4, 0.5) is 18.0 Å². The maximum absolute atomic E-state index is 12.0. The summed E-state index contributed by atoms with van der Waals surface area (Å²) in [5.41, 5.74) is 1.56. The van der Waals surface area contributed by atoms with Crippen LogP contribution in [0.2, 0.25) is 0 Å². The average molecular weight is 325 g/mol. The molecule has 2 rings (SSSR count). The molecule has 0 atom stereocenters. The molecular formula is C15H14F3N3O2. The Hall–Kier alpha value is -2.77. The molecule has 0 aliphatic heterocycles. The van der Waals surface area contributed by atoms with Crippen molar-refractivity contribution in [3.8, 4) is 5.75 Å². The quantitative estimate of drug-likeness (QED) is 0.888. The number of carbonyl (C=O) groups is 1. The van der Waals surface area contributed by atoms with Crippen molar-refractivity contribution in [3.63, 3.8) is 0 Å². The van der Waals surface area contributed by atoms with Gasteiger partial charge >= 0.3 is 12.4 Å². The zero-order valence-corrected chi connectivity index (χ0v) is 11.9. The Kier molecular flexibility index (Phi) is 5.40. The lowest BCUT2D eigenvalue weighted by atomic mass is 10.2. The van der Waals surface area contributed by atoms with E-state index in [1.807, 2.05) is 0 Å². The van der Waals surface area contributed by atoms with Crippen molar-refractivity contribution in [3.05, 3.63) is 59.9 Å². The molecule has 122 valence electrons. The number of pyridine rings is 1. The Morgan fingerprint density at radius 2 is 1.48 bits per heavy atom. The summed E-state index contributed by atoms with van der Waals surface area (Å²) < 4.78 is 39.9. The topological polar surface area (TPSA) is 63.2 Å². The van der Waals surface area contributed by atoms with Gasteiger partial charge in [-0.15, -0.1) is 13.2 Å². The van der Waals surface area contributed by atoms with Crippen LogP contribution in [-0.2, 0) is 13.1 Å². The van der Waals surface area contributed by atoms with Crippen LogP contribution >= 0.6 is 0 Å². The van der Waals surface area contributed by atoms with Crippen LogP contribution in [0.25, 0.3) is 0 Å². The molecule has 0 radical (unpaired) electrons. The minimum Gasteiger partial charge on any atom is -0.406 e. The molecule has 2 aromatic rings. The first kappa shape index (κ1) is 16.6. The molecule has 0 bridgehead atoms. The van der Waals surface area contributed by atoms with E-state index in [1.54, 1.807) is 24.5 Å². The Bertz CT molecular complexity index is 631. The highest BCUT2D eigenvalue weighted by Gasteiger charge is 2.30. The molecule has 0 saturated heterocycles. The average Bonchev–Trinajstić information content (AvgIpc) is 2.52. The molecule has 0 saturated carbocycles. The minimum atomic E-state index is -4.72. The highest BCUT2D eigenvalue weighted by molar-refractivity contribution is 5.73. The SMILES string of the molecule is O=C(NCc1ccncc1)NCc1ccc(OC(F)(F)F)cc1. The van der Waals surface area contributed by atoms with E-state index in [1.165, 1.54) is 24.3 Å². The third kappa shape index (κ3) is 6.25. The maximum Gasteiger partial charge on any atom is 0.573 e. The molecule has 1 aromatic heterocycles. The van der Waals surface area contributed by atoms with Crippen molar-refractivity contribution in [1.29, 1.82) is 0 Å². The Labute approximate surface area is 130 Å². The van der Waals surface area contributed by atoms with E-state index in [4.69, 9.17) is 0 Å². The zero-order valence-electron chi connectivity index (χ0n) is 11.9. The van der Waals surface area contributed by atoms with E-state index in [9.17, 15) is 18.0 Å². The monoisotopic (exact) mass is 325 g/mol. The van der Waals surface area contributed by atoms with Crippen molar-refractivity contribution in [2.45, 2.75) is 19.5 Å². The summed E-state index contributed by atoms with van der Waals surface area (Å²) in [5, 5.41) is 5.27. The zero-order chi connectivity index (χ0) is 16.7. The normalized spacial score (nSPS) is 10.9. The van der Waals surface area contributed by atoms with Gasteiger partial charge in [0.25, 0.3) is 0 Å². The standard InChI is InChI=1S/C15H14F3N3O2/c16-15(17,18)23-13-3-1-11(2-4-13)9-20-14(22)21-10-12-5-7-19-8-6-12/h1-8H,9-10H2,(H2,20,21,22). The summed E-state index contributed by atoms with van der Waals surface area (Å²) in [7, 11) is 0. The highest BCUT2D eigenvalue weighted by Crippen LogP contribution is 2.22. The van der Waals surface area contributed by atoms with E-state index in [0.717, 1.165) is 5.56 Å². The number of hydrogen-bond donors (Lipinski definition) is 2. The van der Waals surface area contributed by atoms with E-state index in [-0.39, 0.29) is 18.3 Å². The summed E-state index contributed by atoms with van der Waals surface area (Å²) in [5.74, 6) is -0.302. The van der Waals surface area contributed by atoms with Crippen molar-refractivity contribution in [1.82, 2.24) is 15.6 Å². The van der Waals surface area contributed by atoms with Crippen LogP contribution in [0.5, 0.6) is 5.75 Å². The lowest BCUT2D eigenvalue weighted by Gasteiger charge is -2.10. The molecular weight excluding hydrogens is 311 g/mol. The molecule has 23 heavy (non-hydrogen) atoms. The second-order valence-corrected chi connectivity index (χ2v) is 4.58. The van der Waals surface area contributed by atoms with Gasteiger partial charge < -0.3 is 15.4 Å². The molecule has 1 aromatic carbocycles. The number of amides is 2. The van der Waals surface area contributed by atoms with Crippen LogP contribution in [0, 0.1) is 0 Å². The number of aromatic nitrogens is 1. The van der Waals surface area contributed by atoms with Gasteiger partial charge in [0.05, 0.1) is 0 Å². The summed E-state index contributed by atoms with van der Waals surface area (Å²) in [6.07, 6.45) is -1.47. The van der Waals surface area contributed by atoms with E-state index in [0.29, 0.717) is 12.1 Å². The van der Waals surface area contributed by atoms with E-state index in [2.05, 4.69) is 20.4 Å². The molecule has 1 heterocycles. The Morgan fingerprint density at radius 1 is 0.957 bits per heavy atom. The van der Waals surface area contributed by atoms with Gasteiger partial charge in [0.2, 0.25) is 0 Å². The number of urea groups is 1. The van der Waals surface area contributed by atoms with Gasteiger partial charge in [-0.2, -0.15) is 0 Å². The number of benzene rings is 1. The van der Waals surface area contributed by atoms with Gasteiger partial charge in [0, 0.05) is 25.5 Å². The number of ether oxygens (including phenoxy) is 1. The van der Waals surface area contributed by atoms with Crippen LogP contribution in [0.3, 0.4) is 0 Å². The van der Waals surface area contributed by atoms with E-state index >= 15 is 0 Å². The molecule has 5 nitrogen and oxygen atoms in total. The van der Waals surface area contributed by atoms with Gasteiger partial charge in [-0.3, -0.25) is 4.98 Å². The molecule has 0 aliphatic rings. The lowest BCUT2D eigenvalue weighted by molar-refractivity contribution is -0.274. The number of rotatable bonds is 5. The van der Waals surface area contributed by atoms with Gasteiger partial charge in [-0.25, -0.2) is 4.79 Å². The number of hydrogen-bond acceptors (Lipinski definition) is 3. The minimum absolute atomic E-state index is 0.189. The first-order valence-electron chi connectivity index (χ1n) is 6.68. The number of carbonyl (C=O) groups excluding carboxylic acids is 1. The third-order valence-corrected chi connectivity index (χ3v) is 2.81. The van der Waals surface area contributed by atoms with E-state index < -0.39 is 6.36 Å². The van der Waals surface area contributed by atoms with Crippen molar-refractivity contribution >= 4 is 6.03 Å². The molecule has 0 spiro atoms. The van der Waals surface area contributed by atoms with Gasteiger partial charge in [0.1, 0.15) is 5.75 Å². The predicted molar refractivity (Wildman–Crippen MR) is 76.4 cm³/mol. The highest BCUT2D eigenvalue weighted by atomic mass is 19.4. The summed E-state index contributed by atoms with van der Waals surface area (Å²) in [4.78, 5) is 15.5. The van der Waals surface area contributed by atoms with Crippen LogP contribution in [-0.4, -0.2) is 17.4 Å². The summed E-state index contributed by atoms with van der Waals surface area (Å²) >= 11 is 0. The van der Waals surface area contributed by atoms with Crippen LogP contribution in [0.15, 0.2) is 48.8 Å². The second kappa shape index (κ2) is 7.48. The molecule has 0 aliphatic carbocycles. The molecule has 2 N–H and O–H groups in total. The smallest absolute Gasteiger partial charge is 0.406 e. The first-order chi connectivity index (χ1) is 10.9. The van der Waals surface area contributed by atoms with Crippen LogP contribution in [0.1, 0.15) is 11.1 Å². The van der Waals surface area contributed by atoms with Crippen molar-refractivity contribution < 1.29 is 22.7 Å². The molecule has 2 amide bonds. The predicted octanol–water partition coefficient (Wildman–Crippen LogP) is 2.98. The number of alkyl halides is 3. The van der Waals surface area contributed by atoms with Gasteiger partial charge in [-0.05, 0) is 35.4 Å². The van der Waals surface area contributed by atoms with Gasteiger partial charge in [-0.1, -0.05) is 12.1 Å². The summed E-state index contributed by atoms with van der Waals surface area (Å²) in [6.45, 7) is 0.543. The fraction of sp³-hybridized carbons (Fsp3) is 0.200. The van der Waals surface area contributed by atoms with Crippen molar-refractivity contribution in [2.75, 3.05) is 0 Å². The maximum atomic E-state index is 12.0. The van der Waals surface area contributed by atoms with Crippen molar-refractivity contribution in [2.24, 2.45) is 0 Å². The largest absolute Gasteiger partial charge is 0.573 e. The lowest BCUT2D eigenvalue weighted by Crippen LogP contribution is -2.34. The second-order valence-electron chi connectivity index (χ2n) is 4.58. The fourth-order valence-electron chi connectivity index (χ4n) is 1.74. The van der Waals surface area contributed by atoms with Crippen LogP contribution < -0.4 is 15.4 Å². The Morgan fingerprint density at radius 3 is 2.00 bits per heavy atom. The number of nitrogens with one attached hydrogen (secondary N) is 2. The fourth-order valence-corrected chi connectivity index (χ4v) is 1.74. The molecule has 8 heteroatoms. The number of nitrogens with zero attached hydrogens (tertiary/aromatic N) is 1. The number of halogens is 3. The summed E-state index contributed by atoms with van der Waals surface area (Å²) in [6, 6.07) is 8.46. The first-order valence-corrected chi connectivity index (χ1v) is 6.68. The molecule has 0 fully saturated rings. The third-order valence-electron chi connectivity index (χ3n) is 2.81.